The first kappa shape index (κ1) is 17.9. The molecule has 0 saturated heterocycles. The molecule has 1 atom stereocenters. The van der Waals surface area contributed by atoms with Crippen molar-refractivity contribution in [2.24, 2.45) is 11.7 Å². The Morgan fingerprint density at radius 2 is 2.17 bits per heavy atom. The van der Waals surface area contributed by atoms with Gasteiger partial charge in [-0.05, 0) is 43.5 Å². The van der Waals surface area contributed by atoms with Crippen LogP contribution in [0.1, 0.15) is 36.8 Å². The van der Waals surface area contributed by atoms with Gasteiger partial charge >= 0.3 is 0 Å². The number of amides is 1. The second kappa shape index (κ2) is 6.60. The lowest BCUT2D eigenvalue weighted by Gasteiger charge is -2.33. The van der Waals surface area contributed by atoms with E-state index in [9.17, 15) is 14.3 Å². The number of carbonyl (C=O) groups is 1. The number of nitrogens with zero attached hydrogens (tertiary/aromatic N) is 2. The fourth-order valence-corrected chi connectivity index (χ4v) is 2.28. The molecule has 1 amide bonds. The molecular formula is C17H23FN4O2. The van der Waals surface area contributed by atoms with Crippen LogP contribution >= 0.6 is 0 Å². The number of aromatic hydroxyl groups is 1. The van der Waals surface area contributed by atoms with Gasteiger partial charge in [0.1, 0.15) is 5.82 Å². The zero-order valence-corrected chi connectivity index (χ0v) is 14.3. The zero-order valence-electron chi connectivity index (χ0n) is 14.3. The first-order chi connectivity index (χ1) is 11.2. The van der Waals surface area contributed by atoms with Gasteiger partial charge in [-0.2, -0.15) is 5.10 Å². The van der Waals surface area contributed by atoms with Gasteiger partial charge in [0.05, 0.1) is 17.4 Å². The summed E-state index contributed by atoms with van der Waals surface area (Å²) >= 11 is 0. The van der Waals surface area contributed by atoms with Gasteiger partial charge in [0.2, 0.25) is 0 Å². The lowest BCUT2D eigenvalue weighted by atomic mass is 9.88. The molecule has 0 aliphatic carbocycles. The minimum absolute atomic E-state index is 0.0981. The molecule has 7 heteroatoms. The third-order valence-corrected chi connectivity index (χ3v) is 4.41. The first-order valence-electron chi connectivity index (χ1n) is 7.75. The number of hydrogen-bond donors (Lipinski definition) is 3. The Balaban J connectivity index is 2.33. The maximum atomic E-state index is 13.2. The number of rotatable bonds is 5. The Bertz CT molecular complexity index is 757. The van der Waals surface area contributed by atoms with Crippen LogP contribution in [0.4, 0.5) is 4.39 Å². The summed E-state index contributed by atoms with van der Waals surface area (Å²) in [5.41, 5.74) is 6.27. The molecule has 0 aliphatic heterocycles. The van der Waals surface area contributed by atoms with Crippen molar-refractivity contribution in [3.05, 3.63) is 41.5 Å². The molecule has 0 saturated carbocycles. The van der Waals surface area contributed by atoms with E-state index in [1.54, 1.807) is 6.92 Å². The normalized spacial score (nSPS) is 13.8. The van der Waals surface area contributed by atoms with Crippen LogP contribution in [0.15, 0.2) is 24.4 Å². The second-order valence-electron chi connectivity index (χ2n) is 6.47. The maximum absolute atomic E-state index is 13.2. The molecule has 0 radical (unpaired) electrons. The van der Waals surface area contributed by atoms with E-state index in [1.807, 2.05) is 20.8 Å². The average molecular weight is 334 g/mol. The number of nitrogens with two attached hydrogens (primary N) is 1. The van der Waals surface area contributed by atoms with Crippen molar-refractivity contribution < 1.29 is 14.3 Å². The van der Waals surface area contributed by atoms with Crippen LogP contribution in [0, 0.1) is 18.7 Å². The summed E-state index contributed by atoms with van der Waals surface area (Å²) in [7, 11) is 0. The molecule has 130 valence electrons. The highest BCUT2D eigenvalue weighted by Gasteiger charge is 2.31. The van der Waals surface area contributed by atoms with Gasteiger partial charge in [-0.3, -0.25) is 4.79 Å². The highest BCUT2D eigenvalue weighted by atomic mass is 19.1. The number of hydrogen-bond acceptors (Lipinski definition) is 4. The van der Waals surface area contributed by atoms with Gasteiger partial charge in [0.15, 0.2) is 11.4 Å². The molecule has 0 aliphatic rings. The molecule has 4 N–H and O–H groups in total. The molecular weight excluding hydrogens is 311 g/mol. The molecule has 0 spiro atoms. The van der Waals surface area contributed by atoms with Gasteiger partial charge in [-0.15, -0.1) is 0 Å². The third kappa shape index (κ3) is 3.41. The smallest absolute Gasteiger partial charge is 0.276 e. The number of aromatic nitrogens is 2. The SMILES string of the molecule is Cc1cc(F)ccc1-n1cc(O)c(C(=O)NC(C)(CN)C(C)C)n1. The predicted octanol–water partition coefficient (Wildman–Crippen LogP) is 2.13. The van der Waals surface area contributed by atoms with E-state index in [1.165, 1.54) is 29.1 Å². The quantitative estimate of drug-likeness (QED) is 0.781. The number of carbonyl (C=O) groups excluding carboxylic acids is 1. The summed E-state index contributed by atoms with van der Waals surface area (Å²) in [6, 6.07) is 4.19. The highest BCUT2D eigenvalue weighted by Crippen LogP contribution is 2.22. The minimum atomic E-state index is -0.612. The van der Waals surface area contributed by atoms with Crippen LogP contribution in [0.2, 0.25) is 0 Å². The van der Waals surface area contributed by atoms with Crippen molar-refractivity contribution in [1.29, 1.82) is 0 Å². The number of aryl methyl sites for hydroxylation is 1. The standard InChI is InChI=1S/C17H23FN4O2/c1-10(2)17(4,9-19)20-16(24)15-14(23)8-22(21-15)13-6-5-12(18)7-11(13)3/h5-8,10,23H,9,19H2,1-4H3,(H,20,24). The Morgan fingerprint density at radius 3 is 2.71 bits per heavy atom. The monoisotopic (exact) mass is 334 g/mol. The number of nitrogens with one attached hydrogen (secondary N) is 1. The van der Waals surface area contributed by atoms with E-state index in [0.717, 1.165) is 0 Å². The van der Waals surface area contributed by atoms with Gasteiger partial charge in [-0.1, -0.05) is 13.8 Å². The van der Waals surface area contributed by atoms with Crippen LogP contribution in [-0.2, 0) is 0 Å². The molecule has 1 aromatic carbocycles. The van der Waals surface area contributed by atoms with Crippen molar-refractivity contribution >= 4 is 5.91 Å². The molecule has 0 fully saturated rings. The lowest BCUT2D eigenvalue weighted by Crippen LogP contribution is -2.55. The van der Waals surface area contributed by atoms with Gasteiger partial charge in [-0.25, -0.2) is 9.07 Å². The molecule has 0 bridgehead atoms. The lowest BCUT2D eigenvalue weighted by molar-refractivity contribution is 0.0875. The maximum Gasteiger partial charge on any atom is 0.276 e. The van der Waals surface area contributed by atoms with E-state index < -0.39 is 11.4 Å². The van der Waals surface area contributed by atoms with E-state index >= 15 is 0 Å². The summed E-state index contributed by atoms with van der Waals surface area (Å²) in [6.07, 6.45) is 1.32. The van der Waals surface area contributed by atoms with Gasteiger partial charge in [0.25, 0.3) is 5.91 Å². The first-order valence-corrected chi connectivity index (χ1v) is 7.75. The molecule has 24 heavy (non-hydrogen) atoms. The largest absolute Gasteiger partial charge is 0.504 e. The number of halogens is 1. The summed E-state index contributed by atoms with van der Waals surface area (Å²) in [6.45, 7) is 7.73. The molecule has 1 unspecified atom stereocenters. The van der Waals surface area contributed by atoms with Crippen molar-refractivity contribution in [3.8, 4) is 11.4 Å². The van der Waals surface area contributed by atoms with E-state index in [2.05, 4.69) is 10.4 Å². The molecule has 6 nitrogen and oxygen atoms in total. The van der Waals surface area contributed by atoms with Gasteiger partial charge in [0, 0.05) is 6.54 Å². The highest BCUT2D eigenvalue weighted by molar-refractivity contribution is 5.95. The van der Waals surface area contributed by atoms with Gasteiger partial charge < -0.3 is 16.2 Å². The fraction of sp³-hybridized carbons (Fsp3) is 0.412. The van der Waals surface area contributed by atoms with Crippen molar-refractivity contribution in [2.75, 3.05) is 6.54 Å². The Morgan fingerprint density at radius 1 is 1.50 bits per heavy atom. The van der Waals surface area contributed by atoms with E-state index in [0.29, 0.717) is 11.3 Å². The minimum Gasteiger partial charge on any atom is -0.504 e. The average Bonchev–Trinajstić information content (AvgIpc) is 2.88. The molecule has 2 aromatic rings. The van der Waals surface area contributed by atoms with Crippen LogP contribution in [-0.4, -0.2) is 32.9 Å². The summed E-state index contributed by atoms with van der Waals surface area (Å²) in [5.74, 6) is -1.01. The van der Waals surface area contributed by atoms with Crippen LogP contribution < -0.4 is 11.1 Å². The molecule has 1 aromatic heterocycles. The topological polar surface area (TPSA) is 93.2 Å². The summed E-state index contributed by atoms with van der Waals surface area (Å²) in [4.78, 5) is 12.5. The Hall–Kier alpha value is -2.41. The predicted molar refractivity (Wildman–Crippen MR) is 89.7 cm³/mol. The third-order valence-electron chi connectivity index (χ3n) is 4.41. The van der Waals surface area contributed by atoms with E-state index in [-0.39, 0.29) is 29.7 Å². The molecule has 2 rings (SSSR count). The Labute approximate surface area is 140 Å². The number of benzene rings is 1. The van der Waals surface area contributed by atoms with Crippen LogP contribution in [0.3, 0.4) is 0 Å². The van der Waals surface area contributed by atoms with Crippen LogP contribution in [0.25, 0.3) is 5.69 Å². The fourth-order valence-electron chi connectivity index (χ4n) is 2.28. The van der Waals surface area contributed by atoms with Crippen molar-refractivity contribution in [1.82, 2.24) is 15.1 Å². The van der Waals surface area contributed by atoms with Crippen molar-refractivity contribution in [3.63, 3.8) is 0 Å². The van der Waals surface area contributed by atoms with E-state index in [4.69, 9.17) is 5.73 Å². The van der Waals surface area contributed by atoms with Crippen molar-refractivity contribution in [2.45, 2.75) is 33.2 Å². The second-order valence-corrected chi connectivity index (χ2v) is 6.47. The summed E-state index contributed by atoms with van der Waals surface area (Å²) in [5, 5.41) is 17.0. The molecule has 1 heterocycles. The zero-order chi connectivity index (χ0) is 18.1. The summed E-state index contributed by atoms with van der Waals surface area (Å²) < 4.78 is 14.6. The Kier molecular flexibility index (Phi) is 4.94. The van der Waals surface area contributed by atoms with Crippen LogP contribution in [0.5, 0.6) is 5.75 Å².